The number of hydrogen-bond acceptors (Lipinski definition) is 5. The molecule has 1 atom stereocenters. The van der Waals surface area contributed by atoms with Gasteiger partial charge in [-0.25, -0.2) is 0 Å². The summed E-state index contributed by atoms with van der Waals surface area (Å²) in [7, 11) is -1.21. The SMILES string of the molecule is COC(=O)CCN(C)S(=O)(=O)N[C@H](CO)c1ccccc1. The van der Waals surface area contributed by atoms with E-state index < -0.39 is 22.2 Å². The molecule has 7 nitrogen and oxygen atoms in total. The third-order valence-corrected chi connectivity index (χ3v) is 4.53. The van der Waals surface area contributed by atoms with Gasteiger partial charge in [0.2, 0.25) is 0 Å². The van der Waals surface area contributed by atoms with Crippen LogP contribution in [0.5, 0.6) is 0 Å². The molecule has 0 amide bonds. The van der Waals surface area contributed by atoms with Gasteiger partial charge in [-0.3, -0.25) is 4.79 Å². The zero-order valence-corrected chi connectivity index (χ0v) is 12.8. The van der Waals surface area contributed by atoms with Crippen LogP contribution in [-0.4, -0.2) is 51.1 Å². The van der Waals surface area contributed by atoms with Gasteiger partial charge in [-0.1, -0.05) is 30.3 Å². The van der Waals surface area contributed by atoms with Crippen molar-refractivity contribution in [3.05, 3.63) is 35.9 Å². The van der Waals surface area contributed by atoms with E-state index in [9.17, 15) is 18.3 Å². The first-order chi connectivity index (χ1) is 9.90. The van der Waals surface area contributed by atoms with Crippen LogP contribution in [0.25, 0.3) is 0 Å². The van der Waals surface area contributed by atoms with Crippen molar-refractivity contribution in [2.24, 2.45) is 0 Å². The number of nitrogens with zero attached hydrogens (tertiary/aromatic N) is 1. The van der Waals surface area contributed by atoms with E-state index >= 15 is 0 Å². The molecule has 0 aliphatic carbocycles. The topological polar surface area (TPSA) is 95.9 Å². The van der Waals surface area contributed by atoms with Crippen molar-refractivity contribution in [2.45, 2.75) is 12.5 Å². The molecule has 8 heteroatoms. The number of carbonyl (C=O) groups excluding carboxylic acids is 1. The summed E-state index contributed by atoms with van der Waals surface area (Å²) in [6, 6.07) is 8.02. The normalized spacial score (nSPS) is 13.1. The molecule has 0 unspecified atom stereocenters. The quantitative estimate of drug-likeness (QED) is 0.661. The Bertz CT molecular complexity index is 547. The molecule has 1 aromatic carbocycles. The molecule has 0 aliphatic rings. The number of hydrogen-bond donors (Lipinski definition) is 2. The van der Waals surface area contributed by atoms with E-state index in [1.807, 2.05) is 0 Å². The second-order valence-corrected chi connectivity index (χ2v) is 6.23. The molecule has 0 fully saturated rings. The van der Waals surface area contributed by atoms with Gasteiger partial charge in [0.05, 0.1) is 26.2 Å². The summed E-state index contributed by atoms with van der Waals surface area (Å²) >= 11 is 0. The highest BCUT2D eigenvalue weighted by atomic mass is 32.2. The molecule has 1 rings (SSSR count). The molecule has 2 N–H and O–H groups in total. The summed E-state index contributed by atoms with van der Waals surface area (Å²) < 4.78 is 32.1. The number of ether oxygens (including phenoxy) is 1. The van der Waals surface area contributed by atoms with Gasteiger partial charge in [-0.2, -0.15) is 17.4 Å². The largest absolute Gasteiger partial charge is 0.469 e. The maximum atomic E-state index is 12.1. The minimum Gasteiger partial charge on any atom is -0.469 e. The van der Waals surface area contributed by atoms with E-state index in [0.717, 1.165) is 4.31 Å². The summed E-state index contributed by atoms with van der Waals surface area (Å²) in [5.74, 6) is -0.487. The molecular weight excluding hydrogens is 296 g/mol. The van der Waals surface area contributed by atoms with Crippen LogP contribution >= 0.6 is 0 Å². The summed E-state index contributed by atoms with van der Waals surface area (Å²) in [6.07, 6.45) is -0.0387. The average molecular weight is 316 g/mol. The first-order valence-corrected chi connectivity index (χ1v) is 7.81. The number of aliphatic hydroxyl groups excluding tert-OH is 1. The monoisotopic (exact) mass is 316 g/mol. The number of methoxy groups -OCH3 is 1. The molecule has 0 radical (unpaired) electrons. The molecule has 1 aromatic rings. The highest BCUT2D eigenvalue weighted by molar-refractivity contribution is 7.87. The predicted octanol–water partition coefficient (Wildman–Crippen LogP) is 0.0493. The van der Waals surface area contributed by atoms with E-state index in [-0.39, 0.29) is 19.6 Å². The van der Waals surface area contributed by atoms with Crippen molar-refractivity contribution in [3.63, 3.8) is 0 Å². The van der Waals surface area contributed by atoms with E-state index in [2.05, 4.69) is 9.46 Å². The third kappa shape index (κ3) is 5.43. The van der Waals surface area contributed by atoms with E-state index in [0.29, 0.717) is 5.56 Å². The fraction of sp³-hybridized carbons (Fsp3) is 0.462. The van der Waals surface area contributed by atoms with Crippen molar-refractivity contribution in [3.8, 4) is 0 Å². The van der Waals surface area contributed by atoms with Crippen molar-refractivity contribution in [1.82, 2.24) is 9.03 Å². The van der Waals surface area contributed by atoms with Crippen LogP contribution in [0.4, 0.5) is 0 Å². The fourth-order valence-electron chi connectivity index (χ4n) is 1.64. The van der Waals surface area contributed by atoms with Crippen LogP contribution in [0.2, 0.25) is 0 Å². The third-order valence-electron chi connectivity index (χ3n) is 2.94. The van der Waals surface area contributed by atoms with E-state index in [1.165, 1.54) is 14.2 Å². The number of aliphatic hydroxyl groups is 1. The lowest BCUT2D eigenvalue weighted by atomic mass is 10.1. The Balaban J connectivity index is 2.71. The second kappa shape index (κ2) is 8.08. The Morgan fingerprint density at radius 3 is 2.52 bits per heavy atom. The van der Waals surface area contributed by atoms with Crippen molar-refractivity contribution in [1.29, 1.82) is 0 Å². The van der Waals surface area contributed by atoms with Crippen molar-refractivity contribution >= 4 is 16.2 Å². The number of esters is 1. The molecule has 0 bridgehead atoms. The number of carbonyl (C=O) groups is 1. The lowest BCUT2D eigenvalue weighted by Gasteiger charge is -2.22. The van der Waals surface area contributed by atoms with Gasteiger partial charge in [0.1, 0.15) is 0 Å². The fourth-order valence-corrected chi connectivity index (χ4v) is 2.72. The zero-order chi connectivity index (χ0) is 15.9. The standard InChI is InChI=1S/C13H20N2O5S/c1-15(9-8-13(17)20-2)21(18,19)14-12(10-16)11-6-4-3-5-7-11/h3-7,12,14,16H,8-10H2,1-2H3/t12-/m1/s1. The molecule has 0 aromatic heterocycles. The molecular formula is C13H20N2O5S. The predicted molar refractivity (Wildman–Crippen MR) is 77.6 cm³/mol. The van der Waals surface area contributed by atoms with Crippen molar-refractivity contribution in [2.75, 3.05) is 27.3 Å². The summed E-state index contributed by atoms with van der Waals surface area (Å²) in [5, 5.41) is 9.36. The van der Waals surface area contributed by atoms with Gasteiger partial charge in [-0.15, -0.1) is 0 Å². The lowest BCUT2D eigenvalue weighted by molar-refractivity contribution is -0.140. The number of nitrogens with one attached hydrogen (secondary N) is 1. The zero-order valence-electron chi connectivity index (χ0n) is 12.0. The summed E-state index contributed by atoms with van der Waals surface area (Å²) in [6.45, 7) is -0.372. The molecule has 0 saturated heterocycles. The van der Waals surface area contributed by atoms with Gasteiger partial charge in [0.25, 0.3) is 10.2 Å². The van der Waals surface area contributed by atoms with Gasteiger partial charge < -0.3 is 9.84 Å². The first-order valence-electron chi connectivity index (χ1n) is 6.37. The average Bonchev–Trinajstić information content (AvgIpc) is 2.50. The Morgan fingerprint density at radius 2 is 2.00 bits per heavy atom. The Hall–Kier alpha value is -1.48. The van der Waals surface area contributed by atoms with Crippen LogP contribution in [0.1, 0.15) is 18.0 Å². The Morgan fingerprint density at radius 1 is 1.38 bits per heavy atom. The van der Waals surface area contributed by atoms with E-state index in [1.54, 1.807) is 30.3 Å². The minimum absolute atomic E-state index is 0.00501. The first kappa shape index (κ1) is 17.6. The number of benzene rings is 1. The summed E-state index contributed by atoms with van der Waals surface area (Å²) in [4.78, 5) is 11.0. The maximum absolute atomic E-state index is 12.1. The van der Waals surface area contributed by atoms with Crippen LogP contribution in [0.3, 0.4) is 0 Å². The highest BCUT2D eigenvalue weighted by Crippen LogP contribution is 2.13. The minimum atomic E-state index is -3.81. The highest BCUT2D eigenvalue weighted by Gasteiger charge is 2.23. The van der Waals surface area contributed by atoms with Crippen molar-refractivity contribution < 1.29 is 23.1 Å². The Labute approximate surface area is 124 Å². The van der Waals surface area contributed by atoms with Gasteiger partial charge in [0.15, 0.2) is 0 Å². The van der Waals surface area contributed by atoms with Crippen LogP contribution in [0, 0.1) is 0 Å². The molecule has 0 spiro atoms. The van der Waals surface area contributed by atoms with Crippen LogP contribution < -0.4 is 4.72 Å². The number of rotatable bonds is 8. The van der Waals surface area contributed by atoms with E-state index in [4.69, 9.17) is 0 Å². The van der Waals surface area contributed by atoms with Gasteiger partial charge in [0, 0.05) is 13.6 Å². The second-order valence-electron chi connectivity index (χ2n) is 4.42. The van der Waals surface area contributed by atoms with Gasteiger partial charge in [-0.05, 0) is 5.56 Å². The smallest absolute Gasteiger partial charge is 0.306 e. The van der Waals surface area contributed by atoms with Gasteiger partial charge >= 0.3 is 5.97 Å². The summed E-state index contributed by atoms with van der Waals surface area (Å²) in [5.41, 5.74) is 0.657. The molecule has 21 heavy (non-hydrogen) atoms. The molecule has 0 aliphatic heterocycles. The molecule has 118 valence electrons. The van der Waals surface area contributed by atoms with Crippen LogP contribution in [-0.2, 0) is 19.7 Å². The molecule has 0 saturated carbocycles. The molecule has 0 heterocycles. The maximum Gasteiger partial charge on any atom is 0.306 e. The lowest BCUT2D eigenvalue weighted by Crippen LogP contribution is -2.42. The van der Waals surface area contributed by atoms with Crippen LogP contribution in [0.15, 0.2) is 30.3 Å². The Kier molecular flexibility index (Phi) is 6.76.